The smallest absolute Gasteiger partial charge is 0.329 e. The van der Waals surface area contributed by atoms with Gasteiger partial charge in [-0.15, -0.1) is 0 Å². The number of piperidine rings is 1. The molecule has 1 saturated carbocycles. The number of nitrogens with zero attached hydrogens (tertiary/aromatic N) is 1. The average molecular weight is 884 g/mol. The number of aromatic hydroxyl groups is 1. The molecule has 4 aliphatic rings. The molecule has 2 unspecified atom stereocenters. The molecule has 3 N–H and O–H groups in total. The number of cyclic esters (lactones) is 1. The fourth-order valence-electron chi connectivity index (χ4n) is 10.2. The van der Waals surface area contributed by atoms with Crippen LogP contribution in [0.1, 0.15) is 112 Å². The van der Waals surface area contributed by atoms with Gasteiger partial charge in [0.15, 0.2) is 0 Å². The zero-order valence-corrected chi connectivity index (χ0v) is 38.8. The Morgan fingerprint density at radius 2 is 1.56 bits per heavy atom. The van der Waals surface area contributed by atoms with Gasteiger partial charge in [-0.1, -0.05) is 45.4 Å². The zero-order valence-electron chi connectivity index (χ0n) is 38.8. The van der Waals surface area contributed by atoms with E-state index < -0.39 is 77.8 Å². The third-order valence-electron chi connectivity index (χ3n) is 14.0. The largest absolute Gasteiger partial charge is 0.508 e. The second kappa shape index (κ2) is 22.5. The van der Waals surface area contributed by atoms with Crippen molar-refractivity contribution >= 4 is 23.4 Å². The monoisotopic (exact) mass is 884 g/mol. The van der Waals surface area contributed by atoms with Crippen molar-refractivity contribution in [2.24, 2.45) is 29.6 Å². The number of ketones is 2. The zero-order chi connectivity index (χ0) is 46.2. The molecule has 63 heavy (non-hydrogen) atoms. The first-order valence-electron chi connectivity index (χ1n) is 23.0. The van der Waals surface area contributed by atoms with Gasteiger partial charge in [-0.25, -0.2) is 4.79 Å². The van der Waals surface area contributed by atoms with E-state index in [2.05, 4.69) is 6.92 Å². The van der Waals surface area contributed by atoms with Gasteiger partial charge in [0.05, 0.1) is 24.4 Å². The van der Waals surface area contributed by atoms with Crippen molar-refractivity contribution < 1.29 is 62.9 Å². The van der Waals surface area contributed by atoms with Gasteiger partial charge in [0.25, 0.3) is 11.7 Å². The number of allylic oxidation sites excluding steroid dienone is 3. The minimum atomic E-state index is -2.51. The number of Topliss-reactive ketones (excluding diaryl/α,β-unsaturated/α-hetero) is 2. The van der Waals surface area contributed by atoms with Crippen LogP contribution in [0.3, 0.4) is 0 Å². The van der Waals surface area contributed by atoms with Gasteiger partial charge in [-0.2, -0.15) is 0 Å². The van der Waals surface area contributed by atoms with E-state index in [0.29, 0.717) is 56.3 Å². The van der Waals surface area contributed by atoms with Crippen molar-refractivity contribution in [2.45, 2.75) is 167 Å². The molecule has 1 aromatic carbocycles. The molecule has 3 heterocycles. The first kappa shape index (κ1) is 50.3. The van der Waals surface area contributed by atoms with Crippen LogP contribution in [-0.4, -0.2) is 126 Å². The molecule has 14 heteroatoms. The minimum absolute atomic E-state index is 0.00717. The number of benzene rings is 1. The van der Waals surface area contributed by atoms with Gasteiger partial charge in [0.2, 0.25) is 5.79 Å². The Morgan fingerprint density at radius 3 is 2.21 bits per heavy atom. The number of aliphatic hydroxyl groups excluding tert-OH is 1. The van der Waals surface area contributed by atoms with Gasteiger partial charge in [-0.3, -0.25) is 14.4 Å². The molecule has 352 valence electrons. The van der Waals surface area contributed by atoms with Crippen LogP contribution in [0.2, 0.25) is 0 Å². The van der Waals surface area contributed by atoms with Gasteiger partial charge < -0.3 is 48.6 Å². The standard InChI is InChI=1S/C49H73NO13/c1-10-34-22-28(2)21-29(3)23-42(59-8)45-43(60-9)25-31(5)49(57,63-45)46(54)47(55)50-20-12-11-13-37(50)48(56)62-44(32(6)38(52)27-39(34)53)30(4)24-33-14-19-40(41(26-33)58-7)61-36-17-15-35(51)16-18-36/h15-18,22,24,29,31-34,37-38,40-45,51-52,57H,10-14,19-21,23,25-27H2,1-9H3/b28-22+,30-24+/t29-,31+,32+,33-,34+,37?,38-,40+,41+,42-,43-,44+,45?,49+/m0/s1. The van der Waals surface area contributed by atoms with E-state index in [-0.39, 0.29) is 61.4 Å². The van der Waals surface area contributed by atoms with E-state index in [1.54, 1.807) is 45.2 Å². The summed E-state index contributed by atoms with van der Waals surface area (Å²) >= 11 is 0. The third kappa shape index (κ3) is 12.2. The van der Waals surface area contributed by atoms with E-state index in [9.17, 15) is 34.5 Å². The Morgan fingerprint density at radius 1 is 0.889 bits per heavy atom. The maximum Gasteiger partial charge on any atom is 0.329 e. The normalized spacial score (nSPS) is 38.1. The van der Waals surface area contributed by atoms with Crippen LogP contribution in [0.5, 0.6) is 11.5 Å². The van der Waals surface area contributed by atoms with Crippen molar-refractivity contribution in [2.75, 3.05) is 27.9 Å². The molecule has 0 aromatic heterocycles. The van der Waals surface area contributed by atoms with Crippen molar-refractivity contribution in [3.05, 3.63) is 47.6 Å². The number of ether oxygens (including phenoxy) is 6. The third-order valence-corrected chi connectivity index (χ3v) is 14.0. The van der Waals surface area contributed by atoms with Crippen LogP contribution in [0.4, 0.5) is 0 Å². The molecule has 0 radical (unpaired) electrons. The molecule has 14 nitrogen and oxygen atoms in total. The number of esters is 1. The van der Waals surface area contributed by atoms with E-state index in [1.807, 2.05) is 32.9 Å². The summed E-state index contributed by atoms with van der Waals surface area (Å²) in [5, 5.41) is 33.6. The van der Waals surface area contributed by atoms with E-state index in [1.165, 1.54) is 19.1 Å². The highest BCUT2D eigenvalue weighted by molar-refractivity contribution is 6.39. The molecule has 2 saturated heterocycles. The number of amides is 1. The van der Waals surface area contributed by atoms with Crippen molar-refractivity contribution in [1.29, 1.82) is 0 Å². The van der Waals surface area contributed by atoms with Crippen molar-refractivity contribution in [1.82, 2.24) is 4.90 Å². The lowest BCUT2D eigenvalue weighted by atomic mass is 9.81. The summed E-state index contributed by atoms with van der Waals surface area (Å²) in [6, 6.07) is 5.41. The molecular formula is C49H73NO13. The van der Waals surface area contributed by atoms with E-state index in [0.717, 1.165) is 12.0 Å². The van der Waals surface area contributed by atoms with Crippen LogP contribution in [-0.2, 0) is 42.9 Å². The number of methoxy groups -OCH3 is 3. The van der Waals surface area contributed by atoms with Crippen molar-refractivity contribution in [3.63, 3.8) is 0 Å². The fourth-order valence-corrected chi connectivity index (χ4v) is 10.2. The van der Waals surface area contributed by atoms with Gasteiger partial charge in [-0.05, 0) is 120 Å². The second-order valence-electron chi connectivity index (χ2n) is 18.7. The van der Waals surface area contributed by atoms with Crippen LogP contribution >= 0.6 is 0 Å². The average Bonchev–Trinajstić information content (AvgIpc) is 3.27. The Kier molecular flexibility index (Phi) is 18.0. The minimum Gasteiger partial charge on any atom is -0.508 e. The first-order valence-corrected chi connectivity index (χ1v) is 23.0. The molecule has 14 atom stereocenters. The summed E-state index contributed by atoms with van der Waals surface area (Å²) in [7, 11) is 4.70. The number of rotatable bonds is 8. The van der Waals surface area contributed by atoms with Gasteiger partial charge >= 0.3 is 5.97 Å². The lowest BCUT2D eigenvalue weighted by molar-refractivity contribution is -0.302. The summed E-state index contributed by atoms with van der Waals surface area (Å²) in [4.78, 5) is 58.2. The van der Waals surface area contributed by atoms with E-state index >= 15 is 0 Å². The molecular weight excluding hydrogens is 811 g/mol. The highest BCUT2D eigenvalue weighted by Crippen LogP contribution is 2.39. The fraction of sp³-hybridized carbons (Fsp3) is 0.714. The molecule has 3 aliphatic heterocycles. The van der Waals surface area contributed by atoms with Gasteiger partial charge in [0, 0.05) is 52.0 Å². The number of phenolic OH excluding ortho intramolecular Hbond substituents is 1. The Balaban J connectivity index is 1.48. The van der Waals surface area contributed by atoms with Crippen LogP contribution < -0.4 is 4.74 Å². The maximum atomic E-state index is 14.5. The summed E-state index contributed by atoms with van der Waals surface area (Å²) in [5.41, 5.74) is 1.66. The predicted molar refractivity (Wildman–Crippen MR) is 235 cm³/mol. The summed E-state index contributed by atoms with van der Waals surface area (Å²) in [5.74, 6) is -6.82. The number of hydrogen-bond acceptors (Lipinski definition) is 13. The van der Waals surface area contributed by atoms with Crippen LogP contribution in [0.15, 0.2) is 47.6 Å². The molecule has 1 aliphatic carbocycles. The number of phenols is 1. The van der Waals surface area contributed by atoms with Gasteiger partial charge in [0.1, 0.15) is 41.6 Å². The lowest BCUT2D eigenvalue weighted by Crippen LogP contribution is -2.64. The molecule has 3 fully saturated rings. The summed E-state index contributed by atoms with van der Waals surface area (Å²) < 4.78 is 36.5. The van der Waals surface area contributed by atoms with Crippen LogP contribution in [0, 0.1) is 29.6 Å². The SMILES string of the molecule is CC[C@@H]1/C=C(\C)C[C@H](C)C[C@H](OC)C2O[C@@](O)(C(=O)C(=O)N3CCCCC3C(=O)O[C@H](/C(C)=C/[C@@H]3CC[C@@H](Oc4ccc(O)cc4)[C@H](OC)C3)[C@H](C)[C@@H](O)CC1=O)[C@H](C)C[C@@H]2OC. The molecule has 0 spiro atoms. The van der Waals surface area contributed by atoms with E-state index in [4.69, 9.17) is 28.4 Å². The maximum absolute atomic E-state index is 14.5. The van der Waals surface area contributed by atoms with Crippen molar-refractivity contribution in [3.8, 4) is 11.5 Å². The summed E-state index contributed by atoms with van der Waals surface area (Å²) in [6.07, 6.45) is 4.29. The highest BCUT2D eigenvalue weighted by Gasteiger charge is 2.56. The molecule has 1 amide bonds. The highest BCUT2D eigenvalue weighted by atomic mass is 16.7. The van der Waals surface area contributed by atoms with Crippen LogP contribution in [0.25, 0.3) is 0 Å². The number of carbonyl (C=O) groups is 4. The second-order valence-corrected chi connectivity index (χ2v) is 18.7. The Labute approximate surface area is 373 Å². The molecule has 1 aromatic rings. The molecule has 5 rings (SSSR count). The summed E-state index contributed by atoms with van der Waals surface area (Å²) in [6.45, 7) is 11.3. The predicted octanol–water partition coefficient (Wildman–Crippen LogP) is 6.27. The first-order chi connectivity index (χ1) is 29.9. The number of aliphatic hydroxyl groups is 2. The Bertz CT molecular complexity index is 1780. The topological polar surface area (TPSA) is 188 Å². The Hall–Kier alpha value is -3.66. The number of fused-ring (bicyclic) bond motifs is 3. The number of hydrogen-bond donors (Lipinski definition) is 3. The lowest BCUT2D eigenvalue weighted by Gasteiger charge is -2.47. The quantitative estimate of drug-likeness (QED) is 0.151. The number of carbonyl (C=O) groups excluding carboxylic acids is 4. The molecule has 2 bridgehead atoms.